The Balaban J connectivity index is 1.94. The Morgan fingerprint density at radius 3 is 2.17 bits per heavy atom. The van der Waals surface area contributed by atoms with Gasteiger partial charge in [0.1, 0.15) is 11.6 Å². The summed E-state index contributed by atoms with van der Waals surface area (Å²) >= 11 is 0. The second kappa shape index (κ2) is 6.30. The minimum Gasteiger partial charge on any atom is -0.207 e. The van der Waals surface area contributed by atoms with Crippen molar-refractivity contribution in [2.24, 2.45) is 0 Å². The molecule has 24 heavy (non-hydrogen) atoms. The Morgan fingerprint density at radius 1 is 0.875 bits per heavy atom. The third kappa shape index (κ3) is 3.16. The number of nitrogens with one attached hydrogen (secondary N) is 1. The fourth-order valence-corrected chi connectivity index (χ4v) is 3.94. The summed E-state index contributed by atoms with van der Waals surface area (Å²) in [5, 5.41) is 1.98. The van der Waals surface area contributed by atoms with Crippen LogP contribution in [0.3, 0.4) is 0 Å². The molecule has 1 N–H and O–H groups in total. The molecule has 0 radical (unpaired) electrons. The molecular formula is C18H15F2NO2S. The quantitative estimate of drug-likeness (QED) is 0.770. The lowest BCUT2D eigenvalue weighted by molar-refractivity contribution is 0.509. The molecule has 0 saturated carbocycles. The van der Waals surface area contributed by atoms with Crippen molar-refractivity contribution in [2.45, 2.75) is 17.9 Å². The van der Waals surface area contributed by atoms with Crippen molar-refractivity contribution >= 4 is 20.8 Å². The van der Waals surface area contributed by atoms with E-state index < -0.39 is 32.6 Å². The summed E-state index contributed by atoms with van der Waals surface area (Å²) in [6, 6.07) is 15.5. The number of fused-ring (bicyclic) bond motifs is 1. The molecule has 0 bridgehead atoms. The Hall–Kier alpha value is -2.31. The molecule has 1 unspecified atom stereocenters. The number of benzene rings is 3. The Morgan fingerprint density at radius 2 is 1.50 bits per heavy atom. The summed E-state index contributed by atoms with van der Waals surface area (Å²) < 4.78 is 54.5. The van der Waals surface area contributed by atoms with Gasteiger partial charge in [-0.15, -0.1) is 0 Å². The number of hydrogen-bond donors (Lipinski definition) is 1. The standard InChI is InChI=1S/C18H15F2NO2S/c1-12(14-10-9-13-5-2-3-6-15(13)11-14)21-24(22,23)18-16(19)7-4-8-17(18)20/h2-12,21H,1H3. The predicted octanol–water partition coefficient (Wildman–Crippen LogP) is 4.16. The van der Waals surface area contributed by atoms with E-state index in [-0.39, 0.29) is 0 Å². The van der Waals surface area contributed by atoms with Gasteiger partial charge in [0.15, 0.2) is 4.90 Å². The van der Waals surface area contributed by atoms with Gasteiger partial charge in [0.2, 0.25) is 10.0 Å². The van der Waals surface area contributed by atoms with Crippen LogP contribution in [-0.2, 0) is 10.0 Å². The van der Waals surface area contributed by atoms with Crippen molar-refractivity contribution < 1.29 is 17.2 Å². The zero-order chi connectivity index (χ0) is 17.3. The van der Waals surface area contributed by atoms with Crippen molar-refractivity contribution in [2.75, 3.05) is 0 Å². The van der Waals surface area contributed by atoms with E-state index in [9.17, 15) is 17.2 Å². The number of halogens is 2. The molecule has 0 aromatic heterocycles. The van der Waals surface area contributed by atoms with Gasteiger partial charge in [0.25, 0.3) is 0 Å². The molecule has 0 amide bonds. The number of hydrogen-bond acceptors (Lipinski definition) is 2. The van der Waals surface area contributed by atoms with Crippen LogP contribution in [0.1, 0.15) is 18.5 Å². The molecule has 1 atom stereocenters. The van der Waals surface area contributed by atoms with E-state index in [4.69, 9.17) is 0 Å². The van der Waals surface area contributed by atoms with Gasteiger partial charge in [0.05, 0.1) is 0 Å². The Kier molecular flexibility index (Phi) is 4.34. The molecule has 0 heterocycles. The topological polar surface area (TPSA) is 46.2 Å². The third-order valence-corrected chi connectivity index (χ3v) is 5.38. The predicted molar refractivity (Wildman–Crippen MR) is 89.0 cm³/mol. The molecule has 0 fully saturated rings. The fraction of sp³-hybridized carbons (Fsp3) is 0.111. The van der Waals surface area contributed by atoms with Crippen LogP contribution in [0.4, 0.5) is 8.78 Å². The molecule has 0 aliphatic rings. The highest BCUT2D eigenvalue weighted by atomic mass is 32.2. The number of rotatable bonds is 4. The molecule has 6 heteroatoms. The molecule has 0 spiro atoms. The van der Waals surface area contributed by atoms with Crippen LogP contribution in [0.2, 0.25) is 0 Å². The molecule has 3 aromatic rings. The zero-order valence-electron chi connectivity index (χ0n) is 12.8. The zero-order valence-corrected chi connectivity index (χ0v) is 13.6. The molecular weight excluding hydrogens is 332 g/mol. The maximum atomic E-state index is 13.7. The first-order valence-corrected chi connectivity index (χ1v) is 8.82. The maximum Gasteiger partial charge on any atom is 0.246 e. The summed E-state index contributed by atoms with van der Waals surface area (Å²) in [5.41, 5.74) is 0.703. The minimum absolute atomic E-state index is 0.640. The van der Waals surface area contributed by atoms with Crippen LogP contribution in [0, 0.1) is 11.6 Å². The van der Waals surface area contributed by atoms with Crippen molar-refractivity contribution in [3.8, 4) is 0 Å². The highest BCUT2D eigenvalue weighted by Gasteiger charge is 2.25. The molecule has 3 rings (SSSR count). The van der Waals surface area contributed by atoms with Crippen molar-refractivity contribution in [1.82, 2.24) is 4.72 Å². The smallest absolute Gasteiger partial charge is 0.207 e. The first-order valence-electron chi connectivity index (χ1n) is 7.33. The second-order valence-corrected chi connectivity index (χ2v) is 7.15. The van der Waals surface area contributed by atoms with E-state index >= 15 is 0 Å². The minimum atomic E-state index is -4.32. The first kappa shape index (κ1) is 16.5. The summed E-state index contributed by atoms with van der Waals surface area (Å²) in [6.45, 7) is 1.63. The van der Waals surface area contributed by atoms with Gasteiger partial charge in [-0.1, -0.05) is 42.5 Å². The molecule has 3 aromatic carbocycles. The van der Waals surface area contributed by atoms with Crippen molar-refractivity contribution in [3.05, 3.63) is 77.9 Å². The molecule has 0 saturated heterocycles. The van der Waals surface area contributed by atoms with Crippen LogP contribution >= 0.6 is 0 Å². The van der Waals surface area contributed by atoms with Gasteiger partial charge in [-0.2, -0.15) is 0 Å². The lowest BCUT2D eigenvalue weighted by Gasteiger charge is -2.16. The van der Waals surface area contributed by atoms with Gasteiger partial charge in [0, 0.05) is 6.04 Å². The van der Waals surface area contributed by atoms with E-state index in [1.807, 2.05) is 36.4 Å². The average Bonchev–Trinajstić information content (AvgIpc) is 2.53. The molecule has 3 nitrogen and oxygen atoms in total. The van der Waals surface area contributed by atoms with Crippen LogP contribution in [0.25, 0.3) is 10.8 Å². The lowest BCUT2D eigenvalue weighted by atomic mass is 10.0. The average molecular weight is 347 g/mol. The Bertz CT molecular complexity index is 983. The van der Waals surface area contributed by atoms with Gasteiger partial charge in [-0.25, -0.2) is 21.9 Å². The monoisotopic (exact) mass is 347 g/mol. The van der Waals surface area contributed by atoms with E-state index in [1.165, 1.54) is 0 Å². The normalized spacial score (nSPS) is 13.1. The summed E-state index contributed by atoms with van der Waals surface area (Å²) in [5.74, 6) is -2.23. The maximum absolute atomic E-state index is 13.7. The van der Waals surface area contributed by atoms with Crippen LogP contribution in [0.15, 0.2) is 65.6 Å². The van der Waals surface area contributed by atoms with Crippen LogP contribution in [-0.4, -0.2) is 8.42 Å². The van der Waals surface area contributed by atoms with Gasteiger partial charge in [-0.3, -0.25) is 0 Å². The van der Waals surface area contributed by atoms with Crippen LogP contribution in [0.5, 0.6) is 0 Å². The van der Waals surface area contributed by atoms with Gasteiger partial charge < -0.3 is 0 Å². The van der Waals surface area contributed by atoms with Gasteiger partial charge >= 0.3 is 0 Å². The van der Waals surface area contributed by atoms with E-state index in [1.54, 1.807) is 13.0 Å². The number of sulfonamides is 1. The van der Waals surface area contributed by atoms with Crippen LogP contribution < -0.4 is 4.72 Å². The van der Waals surface area contributed by atoms with Crippen molar-refractivity contribution in [1.29, 1.82) is 0 Å². The molecule has 124 valence electrons. The van der Waals surface area contributed by atoms with E-state index in [0.29, 0.717) is 5.56 Å². The lowest BCUT2D eigenvalue weighted by Crippen LogP contribution is -2.28. The molecule has 0 aliphatic carbocycles. The van der Waals surface area contributed by atoms with E-state index in [2.05, 4.69) is 4.72 Å². The first-order chi connectivity index (χ1) is 11.4. The highest BCUT2D eigenvalue weighted by Crippen LogP contribution is 2.24. The van der Waals surface area contributed by atoms with Gasteiger partial charge in [-0.05, 0) is 41.5 Å². The summed E-state index contributed by atoms with van der Waals surface area (Å²) in [7, 11) is -4.32. The van der Waals surface area contributed by atoms with E-state index in [0.717, 1.165) is 29.0 Å². The highest BCUT2D eigenvalue weighted by molar-refractivity contribution is 7.89. The third-order valence-electron chi connectivity index (χ3n) is 3.79. The molecule has 0 aliphatic heterocycles. The fourth-order valence-electron chi connectivity index (χ4n) is 2.58. The SMILES string of the molecule is CC(NS(=O)(=O)c1c(F)cccc1F)c1ccc2ccccc2c1. The summed E-state index contributed by atoms with van der Waals surface area (Å²) in [4.78, 5) is -0.961. The summed E-state index contributed by atoms with van der Waals surface area (Å²) in [6.07, 6.45) is 0. The van der Waals surface area contributed by atoms with Crippen molar-refractivity contribution in [3.63, 3.8) is 0 Å². The second-order valence-electron chi connectivity index (χ2n) is 5.50. The largest absolute Gasteiger partial charge is 0.246 e. The Labute approximate surface area is 139 Å².